The van der Waals surface area contributed by atoms with Crippen molar-refractivity contribution in [2.45, 2.75) is 45.7 Å². The standard InChI is InChI=1S/C9H16N2O2/c1-8(2,3)11-7(13)10-6(12)9(11,4)5/h1-5H3,(H,10,12,13). The van der Waals surface area contributed by atoms with Crippen molar-refractivity contribution in [1.82, 2.24) is 10.2 Å². The van der Waals surface area contributed by atoms with Gasteiger partial charge in [-0.15, -0.1) is 0 Å². The molecule has 13 heavy (non-hydrogen) atoms. The number of imide groups is 1. The number of carbonyl (C=O) groups is 2. The second kappa shape index (κ2) is 2.47. The molecule has 0 aromatic carbocycles. The zero-order valence-electron chi connectivity index (χ0n) is 8.76. The van der Waals surface area contributed by atoms with Gasteiger partial charge in [0, 0.05) is 5.54 Å². The van der Waals surface area contributed by atoms with Gasteiger partial charge in [-0.2, -0.15) is 0 Å². The third-order valence-electron chi connectivity index (χ3n) is 2.21. The first-order chi connectivity index (χ1) is 5.67. The largest absolute Gasteiger partial charge is 0.325 e. The van der Waals surface area contributed by atoms with E-state index in [1.54, 1.807) is 18.7 Å². The van der Waals surface area contributed by atoms with Crippen LogP contribution < -0.4 is 5.32 Å². The van der Waals surface area contributed by atoms with E-state index in [1.807, 2.05) is 20.8 Å². The Morgan fingerprint density at radius 2 is 1.69 bits per heavy atom. The number of carbonyl (C=O) groups excluding carboxylic acids is 2. The molecule has 0 unspecified atom stereocenters. The van der Waals surface area contributed by atoms with Gasteiger partial charge in [-0.05, 0) is 34.6 Å². The lowest BCUT2D eigenvalue weighted by atomic mass is 9.96. The summed E-state index contributed by atoms with van der Waals surface area (Å²) in [6, 6.07) is -0.303. The molecule has 4 heteroatoms. The molecule has 0 aromatic rings. The van der Waals surface area contributed by atoms with E-state index in [2.05, 4.69) is 5.32 Å². The molecule has 1 fully saturated rings. The first-order valence-corrected chi connectivity index (χ1v) is 4.33. The fourth-order valence-corrected chi connectivity index (χ4v) is 1.80. The van der Waals surface area contributed by atoms with Crippen LogP contribution in [0.5, 0.6) is 0 Å². The Morgan fingerprint density at radius 3 is 1.85 bits per heavy atom. The van der Waals surface area contributed by atoms with E-state index in [9.17, 15) is 9.59 Å². The highest BCUT2D eigenvalue weighted by atomic mass is 16.2. The molecule has 0 radical (unpaired) electrons. The Kier molecular flexibility index (Phi) is 1.90. The molecule has 1 rings (SSSR count). The minimum absolute atomic E-state index is 0.229. The summed E-state index contributed by atoms with van der Waals surface area (Å²) in [4.78, 5) is 24.4. The summed E-state index contributed by atoms with van der Waals surface area (Å²) < 4.78 is 0. The van der Waals surface area contributed by atoms with Crippen LogP contribution in [0.25, 0.3) is 0 Å². The molecule has 0 aliphatic carbocycles. The molecule has 3 amide bonds. The van der Waals surface area contributed by atoms with Gasteiger partial charge in [0.1, 0.15) is 5.54 Å². The predicted molar refractivity (Wildman–Crippen MR) is 49.2 cm³/mol. The minimum atomic E-state index is -0.741. The van der Waals surface area contributed by atoms with Crippen LogP contribution in [0, 0.1) is 0 Å². The summed E-state index contributed by atoms with van der Waals surface area (Å²) in [5, 5.41) is 2.31. The molecule has 74 valence electrons. The second-order valence-corrected chi connectivity index (χ2v) is 4.82. The van der Waals surface area contributed by atoms with E-state index in [4.69, 9.17) is 0 Å². The normalized spacial score (nSPS) is 22.1. The summed E-state index contributed by atoms with van der Waals surface area (Å²) in [6.07, 6.45) is 0. The molecular formula is C9H16N2O2. The molecule has 1 aliphatic heterocycles. The van der Waals surface area contributed by atoms with Gasteiger partial charge in [0.25, 0.3) is 5.91 Å². The maximum Gasteiger partial charge on any atom is 0.325 e. The van der Waals surface area contributed by atoms with E-state index in [0.29, 0.717) is 0 Å². The zero-order chi connectivity index (χ0) is 10.4. The third-order valence-corrected chi connectivity index (χ3v) is 2.21. The zero-order valence-corrected chi connectivity index (χ0v) is 8.76. The van der Waals surface area contributed by atoms with Crippen molar-refractivity contribution in [2.75, 3.05) is 0 Å². The SMILES string of the molecule is CC(C)(C)N1C(=O)NC(=O)C1(C)C. The Bertz CT molecular complexity index is 263. The molecule has 0 spiro atoms. The highest BCUT2D eigenvalue weighted by molar-refractivity contribution is 6.06. The topological polar surface area (TPSA) is 49.4 Å². The summed E-state index contributed by atoms with van der Waals surface area (Å²) in [5.41, 5.74) is -1.07. The molecule has 1 heterocycles. The summed E-state index contributed by atoms with van der Waals surface area (Å²) in [5.74, 6) is -0.229. The summed E-state index contributed by atoms with van der Waals surface area (Å²) in [6.45, 7) is 9.23. The molecule has 0 bridgehead atoms. The summed E-state index contributed by atoms with van der Waals surface area (Å²) in [7, 11) is 0. The fourth-order valence-electron chi connectivity index (χ4n) is 1.80. The number of nitrogens with zero attached hydrogens (tertiary/aromatic N) is 1. The maximum atomic E-state index is 11.4. The van der Waals surface area contributed by atoms with Gasteiger partial charge in [0.2, 0.25) is 0 Å². The van der Waals surface area contributed by atoms with Crippen LogP contribution >= 0.6 is 0 Å². The van der Waals surface area contributed by atoms with Crippen molar-refractivity contribution in [3.63, 3.8) is 0 Å². The summed E-state index contributed by atoms with van der Waals surface area (Å²) >= 11 is 0. The molecule has 0 aromatic heterocycles. The van der Waals surface area contributed by atoms with Crippen molar-refractivity contribution in [3.8, 4) is 0 Å². The number of amides is 3. The van der Waals surface area contributed by atoms with Gasteiger partial charge in [0.15, 0.2) is 0 Å². The Morgan fingerprint density at radius 1 is 1.23 bits per heavy atom. The predicted octanol–water partition coefficient (Wildman–Crippen LogP) is 1.12. The second-order valence-electron chi connectivity index (χ2n) is 4.82. The molecule has 0 atom stereocenters. The maximum absolute atomic E-state index is 11.4. The van der Waals surface area contributed by atoms with Gasteiger partial charge in [-0.25, -0.2) is 4.79 Å². The first kappa shape index (κ1) is 10.0. The monoisotopic (exact) mass is 184 g/mol. The van der Waals surface area contributed by atoms with Gasteiger partial charge in [-0.1, -0.05) is 0 Å². The smallest absolute Gasteiger partial charge is 0.305 e. The molecule has 4 nitrogen and oxygen atoms in total. The van der Waals surface area contributed by atoms with Gasteiger partial charge < -0.3 is 4.90 Å². The van der Waals surface area contributed by atoms with E-state index < -0.39 is 5.54 Å². The van der Waals surface area contributed by atoms with E-state index in [-0.39, 0.29) is 17.5 Å². The Hall–Kier alpha value is -1.06. The van der Waals surface area contributed by atoms with E-state index >= 15 is 0 Å². The van der Waals surface area contributed by atoms with Crippen LogP contribution in [0.1, 0.15) is 34.6 Å². The van der Waals surface area contributed by atoms with Crippen molar-refractivity contribution in [2.24, 2.45) is 0 Å². The number of hydrogen-bond acceptors (Lipinski definition) is 2. The average molecular weight is 184 g/mol. The number of nitrogens with one attached hydrogen (secondary N) is 1. The van der Waals surface area contributed by atoms with Crippen LogP contribution in [-0.4, -0.2) is 27.9 Å². The fraction of sp³-hybridized carbons (Fsp3) is 0.778. The lowest BCUT2D eigenvalue weighted by Gasteiger charge is -2.39. The lowest BCUT2D eigenvalue weighted by Crippen LogP contribution is -2.53. The molecule has 1 N–H and O–H groups in total. The van der Waals surface area contributed by atoms with Gasteiger partial charge in [0.05, 0.1) is 0 Å². The lowest BCUT2D eigenvalue weighted by molar-refractivity contribution is -0.126. The van der Waals surface area contributed by atoms with Gasteiger partial charge in [-0.3, -0.25) is 10.1 Å². The van der Waals surface area contributed by atoms with Crippen LogP contribution in [-0.2, 0) is 4.79 Å². The van der Waals surface area contributed by atoms with E-state index in [1.165, 1.54) is 0 Å². The third kappa shape index (κ3) is 1.41. The Labute approximate surface area is 78.3 Å². The van der Waals surface area contributed by atoms with E-state index in [0.717, 1.165) is 0 Å². The average Bonchev–Trinajstić information content (AvgIpc) is 1.99. The quantitative estimate of drug-likeness (QED) is 0.573. The number of hydrogen-bond donors (Lipinski definition) is 1. The first-order valence-electron chi connectivity index (χ1n) is 4.33. The highest BCUT2D eigenvalue weighted by Crippen LogP contribution is 2.29. The van der Waals surface area contributed by atoms with Crippen LogP contribution in [0.2, 0.25) is 0 Å². The van der Waals surface area contributed by atoms with Crippen molar-refractivity contribution >= 4 is 11.9 Å². The van der Waals surface area contributed by atoms with Crippen molar-refractivity contribution < 1.29 is 9.59 Å². The van der Waals surface area contributed by atoms with Crippen LogP contribution in [0.15, 0.2) is 0 Å². The highest BCUT2D eigenvalue weighted by Gasteiger charge is 2.50. The number of urea groups is 1. The molecular weight excluding hydrogens is 168 g/mol. The van der Waals surface area contributed by atoms with Crippen LogP contribution in [0.4, 0.5) is 4.79 Å². The molecule has 0 saturated carbocycles. The Balaban J connectivity index is 3.10. The molecule has 1 saturated heterocycles. The minimum Gasteiger partial charge on any atom is -0.305 e. The van der Waals surface area contributed by atoms with Crippen molar-refractivity contribution in [3.05, 3.63) is 0 Å². The molecule has 1 aliphatic rings. The van der Waals surface area contributed by atoms with Crippen LogP contribution in [0.3, 0.4) is 0 Å². The van der Waals surface area contributed by atoms with Gasteiger partial charge >= 0.3 is 6.03 Å². The van der Waals surface area contributed by atoms with Crippen molar-refractivity contribution in [1.29, 1.82) is 0 Å². The number of rotatable bonds is 0.